The number of morpholine rings is 1. The summed E-state index contributed by atoms with van der Waals surface area (Å²) in [4.78, 5) is 53.0. The topological polar surface area (TPSA) is 108 Å². The average Bonchev–Trinajstić information content (AvgIpc) is 3.19. The molecule has 0 radical (unpaired) electrons. The lowest BCUT2D eigenvalue weighted by Crippen LogP contribution is -2.52. The van der Waals surface area contributed by atoms with E-state index in [1.54, 1.807) is 6.07 Å². The van der Waals surface area contributed by atoms with Crippen molar-refractivity contribution < 1.29 is 23.9 Å². The van der Waals surface area contributed by atoms with Crippen LogP contribution in [0.4, 0.5) is 0 Å². The Morgan fingerprint density at radius 1 is 1.03 bits per heavy atom. The number of hydrogen-bond acceptors (Lipinski definition) is 6. The zero-order valence-electron chi connectivity index (χ0n) is 19.4. The van der Waals surface area contributed by atoms with Gasteiger partial charge in [-0.15, -0.1) is 0 Å². The first-order valence-electron chi connectivity index (χ1n) is 11.9. The lowest BCUT2D eigenvalue weighted by molar-refractivity contribution is -0.136. The molecule has 3 heterocycles. The molecule has 2 N–H and O–H groups in total. The van der Waals surface area contributed by atoms with E-state index < -0.39 is 11.9 Å². The van der Waals surface area contributed by atoms with Crippen molar-refractivity contribution in [2.24, 2.45) is 0 Å². The molecule has 5 rings (SSSR count). The summed E-state index contributed by atoms with van der Waals surface area (Å²) in [7, 11) is 0. The fourth-order valence-electron chi connectivity index (χ4n) is 4.80. The normalized spacial score (nSPS) is 20.5. The number of imide groups is 1. The summed E-state index contributed by atoms with van der Waals surface area (Å²) in [5, 5.41) is 5.25. The Kier molecular flexibility index (Phi) is 6.61. The predicted molar refractivity (Wildman–Crippen MR) is 126 cm³/mol. The van der Waals surface area contributed by atoms with E-state index in [9.17, 15) is 19.2 Å². The van der Waals surface area contributed by atoms with Crippen LogP contribution in [0.3, 0.4) is 0 Å². The first-order valence-corrected chi connectivity index (χ1v) is 11.9. The molecule has 4 amide bonds. The zero-order chi connectivity index (χ0) is 24.4. The first kappa shape index (κ1) is 23.2. The minimum atomic E-state index is -0.637. The average molecular weight is 477 g/mol. The molecule has 0 bridgehead atoms. The van der Waals surface area contributed by atoms with E-state index in [-0.39, 0.29) is 24.1 Å². The summed E-state index contributed by atoms with van der Waals surface area (Å²) in [5.41, 5.74) is 4.00. The largest absolute Gasteiger partial charge is 0.379 e. The second kappa shape index (κ2) is 9.97. The van der Waals surface area contributed by atoms with Gasteiger partial charge in [0.05, 0.1) is 13.2 Å². The third-order valence-corrected chi connectivity index (χ3v) is 6.77. The van der Waals surface area contributed by atoms with Gasteiger partial charge in [0.25, 0.3) is 11.8 Å². The first-order chi connectivity index (χ1) is 17.0. The Labute approximate surface area is 203 Å². The van der Waals surface area contributed by atoms with E-state index in [0.29, 0.717) is 30.6 Å². The Morgan fingerprint density at radius 3 is 2.51 bits per heavy atom. The Hall–Kier alpha value is -3.56. The van der Waals surface area contributed by atoms with Gasteiger partial charge < -0.3 is 15.0 Å². The smallest absolute Gasteiger partial charge is 0.255 e. The number of rotatable bonds is 6. The van der Waals surface area contributed by atoms with Crippen LogP contribution in [-0.2, 0) is 34.0 Å². The van der Waals surface area contributed by atoms with Crippen molar-refractivity contribution in [3.8, 4) is 0 Å². The SMILES string of the molecule is O=C1CCC(N2Cc3cc(CNC(=O)c4ccc(CN5CCOCC5)cc4)ccc3C2=O)C(=O)N1. The van der Waals surface area contributed by atoms with Gasteiger partial charge in [0.1, 0.15) is 6.04 Å². The van der Waals surface area contributed by atoms with Gasteiger partial charge in [-0.25, -0.2) is 0 Å². The Bertz CT molecular complexity index is 1160. The monoisotopic (exact) mass is 476 g/mol. The summed E-state index contributed by atoms with van der Waals surface area (Å²) in [6.45, 7) is 4.83. The number of nitrogens with one attached hydrogen (secondary N) is 2. The minimum absolute atomic E-state index is 0.162. The van der Waals surface area contributed by atoms with E-state index in [0.717, 1.165) is 49.5 Å². The van der Waals surface area contributed by atoms with Crippen molar-refractivity contribution in [1.29, 1.82) is 0 Å². The molecule has 9 nitrogen and oxygen atoms in total. The van der Waals surface area contributed by atoms with Gasteiger partial charge in [-0.1, -0.05) is 24.3 Å². The summed E-state index contributed by atoms with van der Waals surface area (Å²) < 4.78 is 5.38. The number of piperidine rings is 1. The Morgan fingerprint density at radius 2 is 1.77 bits per heavy atom. The van der Waals surface area contributed by atoms with Gasteiger partial charge in [0.15, 0.2) is 0 Å². The molecule has 0 aromatic heterocycles. The molecule has 0 aliphatic carbocycles. The highest BCUT2D eigenvalue weighted by Crippen LogP contribution is 2.28. The van der Waals surface area contributed by atoms with Gasteiger partial charge in [0, 0.05) is 50.3 Å². The fraction of sp³-hybridized carbons (Fsp3) is 0.385. The van der Waals surface area contributed by atoms with Gasteiger partial charge in [0.2, 0.25) is 11.8 Å². The van der Waals surface area contributed by atoms with Crippen LogP contribution < -0.4 is 10.6 Å². The molecule has 2 aromatic rings. The summed E-state index contributed by atoms with van der Waals surface area (Å²) in [5.74, 6) is -1.10. The molecule has 9 heteroatoms. The number of hydrogen-bond donors (Lipinski definition) is 2. The van der Waals surface area contributed by atoms with Crippen molar-refractivity contribution in [3.63, 3.8) is 0 Å². The highest BCUT2D eigenvalue weighted by atomic mass is 16.5. The Balaban J connectivity index is 1.17. The second-order valence-corrected chi connectivity index (χ2v) is 9.16. The molecule has 2 saturated heterocycles. The van der Waals surface area contributed by atoms with E-state index in [4.69, 9.17) is 4.74 Å². The molecule has 35 heavy (non-hydrogen) atoms. The molecule has 1 unspecified atom stereocenters. The van der Waals surface area contributed by atoms with Gasteiger partial charge in [-0.05, 0) is 41.3 Å². The van der Waals surface area contributed by atoms with E-state index in [2.05, 4.69) is 15.5 Å². The number of carbonyl (C=O) groups is 4. The molecule has 3 aliphatic rings. The lowest BCUT2D eigenvalue weighted by atomic mass is 10.0. The maximum absolute atomic E-state index is 12.8. The van der Waals surface area contributed by atoms with Crippen molar-refractivity contribution >= 4 is 23.6 Å². The summed E-state index contributed by atoms with van der Waals surface area (Å²) in [6.07, 6.45) is 0.556. The maximum atomic E-state index is 12.8. The molecule has 3 aliphatic heterocycles. The molecule has 182 valence electrons. The summed E-state index contributed by atoms with van der Waals surface area (Å²) >= 11 is 0. The quantitative estimate of drug-likeness (QED) is 0.607. The van der Waals surface area contributed by atoms with Crippen LogP contribution in [0.25, 0.3) is 0 Å². The number of nitrogens with zero attached hydrogens (tertiary/aromatic N) is 2. The van der Waals surface area contributed by atoms with E-state index in [1.165, 1.54) is 4.90 Å². The standard InChI is InChI=1S/C26H28N4O5/c31-23-8-7-22(25(33)28-23)30-16-20-13-18(3-6-21(20)26(30)34)14-27-24(32)19-4-1-17(2-5-19)15-29-9-11-35-12-10-29/h1-6,13,22H,7-12,14-16H2,(H,27,32)(H,28,31,33). The van der Waals surface area contributed by atoms with Crippen LogP contribution in [0.2, 0.25) is 0 Å². The highest BCUT2D eigenvalue weighted by Gasteiger charge is 2.39. The molecule has 1 atom stereocenters. The molecule has 0 saturated carbocycles. The van der Waals surface area contributed by atoms with Crippen molar-refractivity contribution in [3.05, 3.63) is 70.3 Å². The molecular weight excluding hydrogens is 448 g/mol. The number of fused-ring (bicyclic) bond motifs is 1. The number of carbonyl (C=O) groups excluding carboxylic acids is 4. The minimum Gasteiger partial charge on any atom is -0.379 e. The number of benzene rings is 2. The van der Waals surface area contributed by atoms with Gasteiger partial charge in [-0.3, -0.25) is 29.4 Å². The molecule has 2 fully saturated rings. The predicted octanol–water partition coefficient (Wildman–Crippen LogP) is 1.21. The van der Waals surface area contributed by atoms with Crippen LogP contribution in [0.5, 0.6) is 0 Å². The van der Waals surface area contributed by atoms with Crippen LogP contribution >= 0.6 is 0 Å². The number of ether oxygens (including phenoxy) is 1. The fourth-order valence-corrected chi connectivity index (χ4v) is 4.80. The van der Waals surface area contributed by atoms with Crippen LogP contribution in [-0.4, -0.2) is 65.8 Å². The summed E-state index contributed by atoms with van der Waals surface area (Å²) in [6, 6.07) is 12.5. The molecule has 2 aromatic carbocycles. The van der Waals surface area contributed by atoms with Gasteiger partial charge >= 0.3 is 0 Å². The highest BCUT2D eigenvalue weighted by molar-refractivity contribution is 6.05. The van der Waals surface area contributed by atoms with E-state index in [1.807, 2.05) is 36.4 Å². The van der Waals surface area contributed by atoms with Gasteiger partial charge in [-0.2, -0.15) is 0 Å². The van der Waals surface area contributed by atoms with Crippen LogP contribution in [0.1, 0.15) is 50.2 Å². The second-order valence-electron chi connectivity index (χ2n) is 9.16. The van der Waals surface area contributed by atoms with E-state index >= 15 is 0 Å². The third-order valence-electron chi connectivity index (χ3n) is 6.77. The maximum Gasteiger partial charge on any atom is 0.255 e. The third kappa shape index (κ3) is 5.11. The number of amides is 4. The van der Waals surface area contributed by atoms with Crippen molar-refractivity contribution in [1.82, 2.24) is 20.4 Å². The van der Waals surface area contributed by atoms with Crippen molar-refractivity contribution in [2.75, 3.05) is 26.3 Å². The molecule has 0 spiro atoms. The zero-order valence-corrected chi connectivity index (χ0v) is 19.4. The van der Waals surface area contributed by atoms with Crippen LogP contribution in [0, 0.1) is 0 Å². The molecular formula is C26H28N4O5. The van der Waals surface area contributed by atoms with Crippen LogP contribution in [0.15, 0.2) is 42.5 Å². The van der Waals surface area contributed by atoms with Crippen molar-refractivity contribution in [2.45, 2.75) is 38.5 Å². The lowest BCUT2D eigenvalue weighted by Gasteiger charge is -2.29.